The van der Waals surface area contributed by atoms with E-state index in [0.717, 1.165) is 22.4 Å². The number of nitrogens with one attached hydrogen (secondary N) is 1. The van der Waals surface area contributed by atoms with Crippen molar-refractivity contribution in [3.63, 3.8) is 0 Å². The second-order valence-electron chi connectivity index (χ2n) is 6.82. The lowest BCUT2D eigenvalue weighted by Crippen LogP contribution is -2.28. The molecule has 0 aromatic heterocycles. The van der Waals surface area contributed by atoms with E-state index in [4.69, 9.17) is 14.6 Å². The van der Waals surface area contributed by atoms with Gasteiger partial charge >= 0.3 is 6.09 Å². The molecule has 1 aliphatic heterocycles. The van der Waals surface area contributed by atoms with Crippen LogP contribution in [0.2, 0.25) is 0 Å². The van der Waals surface area contributed by atoms with Crippen molar-refractivity contribution in [2.75, 3.05) is 13.7 Å². The van der Waals surface area contributed by atoms with Crippen LogP contribution >= 0.6 is 0 Å². The van der Waals surface area contributed by atoms with Crippen molar-refractivity contribution < 1.29 is 23.8 Å². The first-order chi connectivity index (χ1) is 14.5. The van der Waals surface area contributed by atoms with Gasteiger partial charge in [0.05, 0.1) is 7.11 Å². The van der Waals surface area contributed by atoms with Crippen molar-refractivity contribution >= 4 is 12.1 Å². The third kappa shape index (κ3) is 3.69. The third-order valence-corrected chi connectivity index (χ3v) is 4.99. The minimum atomic E-state index is -1.27. The lowest BCUT2D eigenvalue weighted by molar-refractivity contribution is 0.195. The van der Waals surface area contributed by atoms with Gasteiger partial charge in [0, 0.05) is 0 Å². The van der Waals surface area contributed by atoms with Crippen LogP contribution in [0.4, 0.5) is 9.18 Å². The largest absolute Gasteiger partial charge is 0.497 e. The number of amides is 1. The average molecular weight is 406 g/mol. The molecule has 4 rings (SSSR count). The number of ether oxygens (including phenoxy) is 2. The highest BCUT2D eigenvalue weighted by molar-refractivity contribution is 5.91. The number of rotatable bonds is 4. The first-order valence-corrected chi connectivity index (χ1v) is 9.24. The lowest BCUT2D eigenvalue weighted by Gasteiger charge is -2.26. The summed E-state index contributed by atoms with van der Waals surface area (Å²) in [7, 11) is 1.61. The van der Waals surface area contributed by atoms with Crippen LogP contribution in [0, 0.1) is 5.82 Å². The molecule has 6 nitrogen and oxygen atoms in total. The van der Waals surface area contributed by atoms with Gasteiger partial charge in [-0.3, -0.25) is 0 Å². The highest BCUT2D eigenvalue weighted by atomic mass is 19.1. The minimum Gasteiger partial charge on any atom is -0.497 e. The number of carbonyl (C=O) groups is 1. The van der Waals surface area contributed by atoms with Crippen LogP contribution in [-0.2, 0) is 10.3 Å². The Bertz CT molecular complexity index is 1110. The predicted molar refractivity (Wildman–Crippen MR) is 110 cm³/mol. The van der Waals surface area contributed by atoms with Gasteiger partial charge in [-0.05, 0) is 52.6 Å². The van der Waals surface area contributed by atoms with E-state index in [0.29, 0.717) is 5.56 Å². The Kier molecular flexibility index (Phi) is 5.10. The lowest BCUT2D eigenvalue weighted by atomic mass is 9.83. The first kappa shape index (κ1) is 19.4. The monoisotopic (exact) mass is 406 g/mol. The van der Waals surface area contributed by atoms with Crippen molar-refractivity contribution in [3.8, 4) is 16.9 Å². The zero-order chi connectivity index (χ0) is 21.1. The second-order valence-corrected chi connectivity index (χ2v) is 6.82. The van der Waals surface area contributed by atoms with Gasteiger partial charge in [-0.1, -0.05) is 42.5 Å². The van der Waals surface area contributed by atoms with Crippen molar-refractivity contribution in [2.45, 2.75) is 5.54 Å². The fraction of sp³-hybridized carbons (Fsp3) is 0.130. The number of halogens is 1. The standard InChI is InChI=1S/C23H19FN2O4/c1-29-20-7-3-5-16(13-20)15-4-2-6-18(12-15)23(17-8-10-19(24)11-9-17)14-30-21(26-23)25-22(27)28/h2-13H,14H2,1H3,(H,25,26)(H,27,28). The molecule has 0 saturated carbocycles. The molecule has 1 amide bonds. The summed E-state index contributed by atoms with van der Waals surface area (Å²) in [6.07, 6.45) is -1.27. The maximum absolute atomic E-state index is 13.5. The molecule has 0 spiro atoms. The molecule has 30 heavy (non-hydrogen) atoms. The van der Waals surface area contributed by atoms with Gasteiger partial charge in [0.1, 0.15) is 18.2 Å². The SMILES string of the molecule is COc1cccc(-c2cccc(C3(c4ccc(F)cc4)COC(NC(=O)O)=N3)c2)c1. The fourth-order valence-corrected chi connectivity index (χ4v) is 3.51. The number of carboxylic acid groups (broad SMARTS) is 1. The Labute approximate surface area is 172 Å². The zero-order valence-electron chi connectivity index (χ0n) is 16.1. The van der Waals surface area contributed by atoms with E-state index < -0.39 is 11.6 Å². The average Bonchev–Trinajstić information content (AvgIpc) is 3.18. The van der Waals surface area contributed by atoms with E-state index >= 15 is 0 Å². The van der Waals surface area contributed by atoms with Crippen molar-refractivity contribution in [2.24, 2.45) is 4.99 Å². The molecule has 0 radical (unpaired) electrons. The molecule has 7 heteroatoms. The number of hydrogen-bond donors (Lipinski definition) is 2. The number of nitrogens with zero attached hydrogens (tertiary/aromatic N) is 1. The maximum Gasteiger partial charge on any atom is 0.412 e. The molecule has 0 saturated heterocycles. The number of methoxy groups -OCH3 is 1. The number of hydrogen-bond acceptors (Lipinski definition) is 4. The van der Waals surface area contributed by atoms with Crippen LogP contribution in [0.25, 0.3) is 11.1 Å². The fourth-order valence-electron chi connectivity index (χ4n) is 3.51. The van der Waals surface area contributed by atoms with E-state index in [9.17, 15) is 9.18 Å². The summed E-state index contributed by atoms with van der Waals surface area (Å²) >= 11 is 0. The Hall–Kier alpha value is -3.87. The quantitative estimate of drug-likeness (QED) is 0.673. The Morgan fingerprint density at radius 1 is 1.07 bits per heavy atom. The van der Waals surface area contributed by atoms with Gasteiger partial charge in [-0.2, -0.15) is 0 Å². The van der Waals surface area contributed by atoms with Gasteiger partial charge in [0.15, 0.2) is 5.54 Å². The van der Waals surface area contributed by atoms with Crippen LogP contribution in [0.5, 0.6) is 5.75 Å². The van der Waals surface area contributed by atoms with E-state index in [1.54, 1.807) is 19.2 Å². The molecule has 0 fully saturated rings. The summed E-state index contributed by atoms with van der Waals surface area (Å²) in [4.78, 5) is 15.6. The van der Waals surface area contributed by atoms with E-state index in [-0.39, 0.29) is 18.4 Å². The molecule has 1 unspecified atom stereocenters. The zero-order valence-corrected chi connectivity index (χ0v) is 16.1. The van der Waals surface area contributed by atoms with Gasteiger partial charge in [0.2, 0.25) is 0 Å². The maximum atomic E-state index is 13.5. The third-order valence-electron chi connectivity index (χ3n) is 4.99. The normalized spacial score (nSPS) is 17.7. The van der Waals surface area contributed by atoms with E-state index in [1.165, 1.54) is 12.1 Å². The minimum absolute atomic E-state index is 0.0792. The van der Waals surface area contributed by atoms with E-state index in [2.05, 4.69) is 10.3 Å². The molecule has 0 aliphatic carbocycles. The highest BCUT2D eigenvalue weighted by Crippen LogP contribution is 2.39. The molecular weight excluding hydrogens is 387 g/mol. The number of benzene rings is 3. The summed E-state index contributed by atoms with van der Waals surface area (Å²) in [5.41, 5.74) is 2.35. The summed E-state index contributed by atoms with van der Waals surface area (Å²) < 4.78 is 24.4. The second kappa shape index (κ2) is 7.87. The molecule has 1 heterocycles. The highest BCUT2D eigenvalue weighted by Gasteiger charge is 2.41. The summed E-state index contributed by atoms with van der Waals surface area (Å²) in [6, 6.07) is 21.2. The Morgan fingerprint density at radius 3 is 2.47 bits per heavy atom. The Balaban J connectivity index is 1.83. The van der Waals surface area contributed by atoms with Crippen molar-refractivity contribution in [1.29, 1.82) is 0 Å². The molecule has 3 aromatic rings. The smallest absolute Gasteiger partial charge is 0.412 e. The topological polar surface area (TPSA) is 80.2 Å². The van der Waals surface area contributed by atoms with Gasteiger partial charge in [-0.25, -0.2) is 19.5 Å². The molecule has 1 atom stereocenters. The van der Waals surface area contributed by atoms with Crippen LogP contribution < -0.4 is 10.1 Å². The van der Waals surface area contributed by atoms with Crippen molar-refractivity contribution in [1.82, 2.24) is 5.32 Å². The summed E-state index contributed by atoms with van der Waals surface area (Å²) in [6.45, 7) is 0.0792. The molecule has 0 bridgehead atoms. The number of amidine groups is 1. The van der Waals surface area contributed by atoms with Gasteiger partial charge in [-0.15, -0.1) is 0 Å². The predicted octanol–water partition coefficient (Wildman–Crippen LogP) is 4.40. The van der Waals surface area contributed by atoms with E-state index in [1.807, 2.05) is 48.5 Å². The molecule has 1 aliphatic rings. The Morgan fingerprint density at radius 2 is 1.77 bits per heavy atom. The first-order valence-electron chi connectivity index (χ1n) is 9.24. The van der Waals surface area contributed by atoms with Crippen LogP contribution in [0.15, 0.2) is 77.8 Å². The molecular formula is C23H19FN2O4. The molecule has 2 N–H and O–H groups in total. The van der Waals surface area contributed by atoms with Crippen LogP contribution in [-0.4, -0.2) is 30.9 Å². The summed E-state index contributed by atoms with van der Waals surface area (Å²) in [5, 5.41) is 11.2. The van der Waals surface area contributed by atoms with Crippen LogP contribution in [0.3, 0.4) is 0 Å². The molecule has 152 valence electrons. The van der Waals surface area contributed by atoms with Crippen LogP contribution in [0.1, 0.15) is 11.1 Å². The molecule has 3 aromatic carbocycles. The van der Waals surface area contributed by atoms with Gasteiger partial charge < -0.3 is 14.6 Å². The summed E-state index contributed by atoms with van der Waals surface area (Å²) in [5.74, 6) is 0.368. The van der Waals surface area contributed by atoms with Crippen molar-refractivity contribution in [3.05, 3.63) is 89.7 Å². The van der Waals surface area contributed by atoms with Gasteiger partial charge in [0.25, 0.3) is 6.02 Å². The number of aliphatic imine (C=N–C) groups is 1.